The minimum Gasteiger partial charge on any atom is -0.492 e. The summed E-state index contributed by atoms with van der Waals surface area (Å²) in [6, 6.07) is 17.0. The van der Waals surface area contributed by atoms with Crippen molar-refractivity contribution in [3.8, 4) is 5.75 Å². The minimum atomic E-state index is 0.510. The molecule has 2 aromatic carbocycles. The Kier molecular flexibility index (Phi) is 3.50. The molecule has 3 heteroatoms. The van der Waals surface area contributed by atoms with Crippen molar-refractivity contribution in [1.29, 1.82) is 0 Å². The monoisotopic (exact) mass is 268 g/mol. The zero-order valence-corrected chi connectivity index (χ0v) is 11.7. The third kappa shape index (κ3) is 2.72. The molecule has 3 rings (SSSR count). The van der Waals surface area contributed by atoms with Gasteiger partial charge in [-0.3, -0.25) is 0 Å². The molecule has 1 fully saturated rings. The molecule has 2 atom stereocenters. The summed E-state index contributed by atoms with van der Waals surface area (Å²) < 4.78 is 5.53. The number of rotatable bonds is 5. The van der Waals surface area contributed by atoms with E-state index in [-0.39, 0.29) is 0 Å². The van der Waals surface area contributed by atoms with Crippen molar-refractivity contribution in [3.63, 3.8) is 0 Å². The normalized spacial score (nSPS) is 20.4. The van der Waals surface area contributed by atoms with Gasteiger partial charge in [0.15, 0.2) is 0 Å². The Morgan fingerprint density at radius 2 is 2.00 bits per heavy atom. The van der Waals surface area contributed by atoms with Crippen molar-refractivity contribution in [3.05, 3.63) is 54.1 Å². The highest BCUT2D eigenvalue weighted by atomic mass is 16.5. The highest BCUT2D eigenvalue weighted by Crippen LogP contribution is 2.43. The Morgan fingerprint density at radius 3 is 2.75 bits per heavy atom. The molecule has 0 heterocycles. The van der Waals surface area contributed by atoms with Gasteiger partial charge in [-0.1, -0.05) is 30.3 Å². The first-order valence-electron chi connectivity index (χ1n) is 7.11. The Morgan fingerprint density at radius 1 is 1.20 bits per heavy atom. The first-order chi connectivity index (χ1) is 9.78. The number of benzene rings is 2. The molecule has 0 spiro atoms. The summed E-state index contributed by atoms with van der Waals surface area (Å²) in [6.07, 6.45) is 1.18. The van der Waals surface area contributed by atoms with Crippen molar-refractivity contribution >= 4 is 11.4 Å². The van der Waals surface area contributed by atoms with Crippen LogP contribution >= 0.6 is 0 Å². The average Bonchev–Trinajstić information content (AvgIpc) is 3.23. The fourth-order valence-electron chi connectivity index (χ4n) is 2.54. The van der Waals surface area contributed by atoms with Gasteiger partial charge in [-0.15, -0.1) is 0 Å². The van der Waals surface area contributed by atoms with Crippen molar-refractivity contribution in [2.75, 3.05) is 17.7 Å². The maximum atomic E-state index is 5.89. The molecular weight excluding hydrogens is 248 g/mol. The second-order valence-electron chi connectivity index (χ2n) is 5.19. The Balaban J connectivity index is 1.66. The average molecular weight is 268 g/mol. The third-order valence-corrected chi connectivity index (χ3v) is 3.68. The lowest BCUT2D eigenvalue weighted by atomic mass is 10.1. The van der Waals surface area contributed by atoms with Crippen LogP contribution in [0, 0.1) is 0 Å². The predicted molar refractivity (Wildman–Crippen MR) is 83.2 cm³/mol. The fourth-order valence-corrected chi connectivity index (χ4v) is 2.54. The van der Waals surface area contributed by atoms with E-state index < -0.39 is 0 Å². The molecule has 1 aliphatic rings. The molecule has 0 aliphatic heterocycles. The van der Waals surface area contributed by atoms with Gasteiger partial charge in [0.05, 0.1) is 12.3 Å². The summed E-state index contributed by atoms with van der Waals surface area (Å²) in [7, 11) is 0. The van der Waals surface area contributed by atoms with Gasteiger partial charge in [0.25, 0.3) is 0 Å². The van der Waals surface area contributed by atoms with Gasteiger partial charge >= 0.3 is 0 Å². The van der Waals surface area contributed by atoms with Crippen LogP contribution < -0.4 is 15.8 Å². The molecule has 0 aromatic heterocycles. The molecule has 3 N–H and O–H groups in total. The molecule has 2 aromatic rings. The summed E-state index contributed by atoms with van der Waals surface area (Å²) >= 11 is 0. The second kappa shape index (κ2) is 5.45. The third-order valence-electron chi connectivity index (χ3n) is 3.68. The van der Waals surface area contributed by atoms with Gasteiger partial charge in [-0.2, -0.15) is 0 Å². The van der Waals surface area contributed by atoms with E-state index in [0.717, 1.165) is 11.4 Å². The number of anilines is 2. The quantitative estimate of drug-likeness (QED) is 0.814. The first-order valence-corrected chi connectivity index (χ1v) is 7.11. The van der Waals surface area contributed by atoms with Crippen LogP contribution in [-0.2, 0) is 0 Å². The number of nitrogen functional groups attached to an aromatic ring is 1. The SMILES string of the molecule is CCOc1cc(NC2CC2c2ccccc2)ccc1N. The lowest BCUT2D eigenvalue weighted by molar-refractivity contribution is 0.342. The minimum absolute atomic E-state index is 0.510. The Hall–Kier alpha value is -2.16. The highest BCUT2D eigenvalue weighted by Gasteiger charge is 2.38. The largest absolute Gasteiger partial charge is 0.492 e. The van der Waals surface area contributed by atoms with E-state index in [4.69, 9.17) is 10.5 Å². The van der Waals surface area contributed by atoms with E-state index in [1.54, 1.807) is 0 Å². The predicted octanol–water partition coefficient (Wildman–Crippen LogP) is 3.64. The zero-order valence-electron chi connectivity index (χ0n) is 11.7. The number of hydrogen-bond acceptors (Lipinski definition) is 3. The molecule has 0 radical (unpaired) electrons. The van der Waals surface area contributed by atoms with Crippen LogP contribution in [0.2, 0.25) is 0 Å². The summed E-state index contributed by atoms with van der Waals surface area (Å²) in [5.41, 5.74) is 9.06. The first kappa shape index (κ1) is 12.9. The summed E-state index contributed by atoms with van der Waals surface area (Å²) in [4.78, 5) is 0. The van der Waals surface area contributed by atoms with Crippen molar-refractivity contribution < 1.29 is 4.74 Å². The van der Waals surface area contributed by atoms with Crippen molar-refractivity contribution in [2.45, 2.75) is 25.3 Å². The maximum absolute atomic E-state index is 5.89. The van der Waals surface area contributed by atoms with Gasteiger partial charge in [0.1, 0.15) is 5.75 Å². The molecule has 0 saturated heterocycles. The van der Waals surface area contributed by atoms with Crippen LogP contribution in [-0.4, -0.2) is 12.6 Å². The molecule has 2 unspecified atom stereocenters. The van der Waals surface area contributed by atoms with Crippen LogP contribution in [0.15, 0.2) is 48.5 Å². The van der Waals surface area contributed by atoms with Crippen LogP contribution in [0.3, 0.4) is 0 Å². The molecule has 104 valence electrons. The van der Waals surface area contributed by atoms with Gasteiger partial charge in [0.2, 0.25) is 0 Å². The molecule has 1 aliphatic carbocycles. The number of ether oxygens (including phenoxy) is 1. The van der Waals surface area contributed by atoms with Gasteiger partial charge in [0, 0.05) is 23.7 Å². The van der Waals surface area contributed by atoms with Crippen LogP contribution in [0.25, 0.3) is 0 Å². The maximum Gasteiger partial charge on any atom is 0.144 e. The van der Waals surface area contributed by atoms with Crippen LogP contribution in [0.1, 0.15) is 24.8 Å². The molecule has 0 amide bonds. The van der Waals surface area contributed by atoms with Crippen LogP contribution in [0.5, 0.6) is 5.75 Å². The topological polar surface area (TPSA) is 47.3 Å². The van der Waals surface area contributed by atoms with E-state index in [1.807, 2.05) is 25.1 Å². The summed E-state index contributed by atoms with van der Waals surface area (Å²) in [5.74, 6) is 1.37. The van der Waals surface area contributed by atoms with Gasteiger partial charge in [-0.05, 0) is 31.0 Å². The smallest absolute Gasteiger partial charge is 0.144 e. The van der Waals surface area contributed by atoms with Crippen LogP contribution in [0.4, 0.5) is 11.4 Å². The van der Waals surface area contributed by atoms with E-state index >= 15 is 0 Å². The van der Waals surface area contributed by atoms with Gasteiger partial charge in [-0.25, -0.2) is 0 Å². The van der Waals surface area contributed by atoms with E-state index in [9.17, 15) is 0 Å². The summed E-state index contributed by atoms with van der Waals surface area (Å²) in [5, 5.41) is 3.55. The number of hydrogen-bond donors (Lipinski definition) is 2. The summed E-state index contributed by atoms with van der Waals surface area (Å²) in [6.45, 7) is 2.59. The number of nitrogens with two attached hydrogens (primary N) is 1. The zero-order chi connectivity index (χ0) is 13.9. The molecular formula is C17H20N2O. The lowest BCUT2D eigenvalue weighted by Crippen LogP contribution is -2.05. The Bertz CT molecular complexity index is 583. The van der Waals surface area contributed by atoms with Crippen molar-refractivity contribution in [2.24, 2.45) is 0 Å². The van der Waals surface area contributed by atoms with Crippen molar-refractivity contribution in [1.82, 2.24) is 0 Å². The fraction of sp³-hybridized carbons (Fsp3) is 0.294. The Labute approximate surface area is 119 Å². The molecule has 0 bridgehead atoms. The second-order valence-corrected chi connectivity index (χ2v) is 5.19. The van der Waals surface area contributed by atoms with E-state index in [1.165, 1.54) is 12.0 Å². The molecule has 3 nitrogen and oxygen atoms in total. The highest BCUT2D eigenvalue weighted by molar-refractivity contribution is 5.62. The van der Waals surface area contributed by atoms with E-state index in [2.05, 4.69) is 35.6 Å². The standard InChI is InChI=1S/C17H20N2O/c1-2-20-17-10-13(8-9-15(17)18)19-16-11-14(16)12-6-4-3-5-7-12/h3-10,14,16,19H,2,11,18H2,1H3. The van der Waals surface area contributed by atoms with E-state index in [0.29, 0.717) is 24.3 Å². The number of nitrogens with one attached hydrogen (secondary N) is 1. The lowest BCUT2D eigenvalue weighted by Gasteiger charge is -2.11. The molecule has 1 saturated carbocycles. The van der Waals surface area contributed by atoms with Gasteiger partial charge < -0.3 is 15.8 Å². The molecule has 20 heavy (non-hydrogen) atoms.